The monoisotopic (exact) mass is 430 g/mol. The van der Waals surface area contributed by atoms with Gasteiger partial charge in [0.2, 0.25) is 0 Å². The molecule has 134 valence electrons. The molecule has 1 spiro atoms. The molecule has 26 heavy (non-hydrogen) atoms. The molecule has 3 nitrogen and oxygen atoms in total. The predicted octanol–water partition coefficient (Wildman–Crippen LogP) is 5.12. The summed E-state index contributed by atoms with van der Waals surface area (Å²) in [5.74, 6) is 0.802. The average Bonchev–Trinajstić information content (AvgIpc) is 3.25. The average molecular weight is 431 g/mol. The maximum Gasteiger partial charge on any atom is 0.175 e. The van der Waals surface area contributed by atoms with E-state index in [1.807, 2.05) is 18.2 Å². The number of benzene rings is 2. The summed E-state index contributed by atoms with van der Waals surface area (Å²) in [5, 5.41) is 0. The number of allylic oxidation sites excluding steroid dienone is 4. The Balaban J connectivity index is 1.76. The molecule has 2 aromatic rings. The molecule has 1 fully saturated rings. The van der Waals surface area contributed by atoms with Crippen molar-refractivity contribution in [1.82, 2.24) is 0 Å². The van der Waals surface area contributed by atoms with Crippen LogP contribution in [0.3, 0.4) is 0 Å². The maximum atomic E-state index is 11.7. The van der Waals surface area contributed by atoms with Crippen molar-refractivity contribution in [3.05, 3.63) is 70.2 Å². The maximum absolute atomic E-state index is 11.7. The second kappa shape index (κ2) is 6.10. The first-order chi connectivity index (χ1) is 12.3. The largest absolute Gasteiger partial charge is 0.496 e. The first-order valence-electron chi connectivity index (χ1n) is 8.42. The Morgan fingerprint density at radius 2 is 1.54 bits per heavy atom. The highest BCUT2D eigenvalue weighted by Crippen LogP contribution is 2.57. The molecule has 0 aliphatic heterocycles. The molecule has 0 bridgehead atoms. The Hall–Kier alpha value is -1.85. The van der Waals surface area contributed by atoms with Crippen LogP contribution in [0.1, 0.15) is 24.0 Å². The molecule has 0 saturated heterocycles. The predicted molar refractivity (Wildman–Crippen MR) is 108 cm³/mol. The Morgan fingerprint density at radius 3 is 2.04 bits per heavy atom. The van der Waals surface area contributed by atoms with E-state index in [1.54, 1.807) is 19.2 Å². The molecule has 0 atom stereocenters. The second-order valence-electron chi connectivity index (χ2n) is 7.00. The number of hydrogen-bond acceptors (Lipinski definition) is 3. The van der Waals surface area contributed by atoms with E-state index in [1.165, 1.54) is 30.2 Å². The van der Waals surface area contributed by atoms with Crippen LogP contribution in [0.5, 0.6) is 5.75 Å². The summed E-state index contributed by atoms with van der Waals surface area (Å²) in [4.78, 5) is 0.346. The molecule has 1 saturated carbocycles. The Bertz CT molecular complexity index is 1040. The topological polar surface area (TPSA) is 43.4 Å². The van der Waals surface area contributed by atoms with E-state index in [4.69, 9.17) is 4.74 Å². The van der Waals surface area contributed by atoms with E-state index in [0.29, 0.717) is 4.90 Å². The van der Waals surface area contributed by atoms with Crippen LogP contribution in [0.15, 0.2) is 64.0 Å². The van der Waals surface area contributed by atoms with Crippen molar-refractivity contribution in [3.63, 3.8) is 0 Å². The third kappa shape index (κ3) is 3.14. The van der Waals surface area contributed by atoms with Crippen LogP contribution in [0.2, 0.25) is 0 Å². The lowest BCUT2D eigenvalue weighted by atomic mass is 9.95. The third-order valence-electron chi connectivity index (χ3n) is 5.04. The minimum atomic E-state index is -3.19. The molecule has 0 aromatic heterocycles. The van der Waals surface area contributed by atoms with E-state index in [-0.39, 0.29) is 5.41 Å². The fourth-order valence-electron chi connectivity index (χ4n) is 3.40. The minimum Gasteiger partial charge on any atom is -0.496 e. The van der Waals surface area contributed by atoms with E-state index in [9.17, 15) is 8.42 Å². The molecular weight excluding hydrogens is 412 g/mol. The van der Waals surface area contributed by atoms with Crippen LogP contribution in [-0.2, 0) is 9.84 Å². The molecule has 2 aliphatic carbocycles. The zero-order valence-corrected chi connectivity index (χ0v) is 17.0. The van der Waals surface area contributed by atoms with Crippen molar-refractivity contribution in [1.29, 1.82) is 0 Å². The van der Waals surface area contributed by atoms with Gasteiger partial charge in [0.05, 0.1) is 16.5 Å². The molecular formula is C21H19BrO3S. The number of halogens is 1. The summed E-state index contributed by atoms with van der Waals surface area (Å²) < 4.78 is 29.7. The second-order valence-corrected chi connectivity index (χ2v) is 9.87. The van der Waals surface area contributed by atoms with E-state index in [2.05, 4.69) is 40.2 Å². The molecule has 2 aromatic carbocycles. The first kappa shape index (κ1) is 17.6. The van der Waals surface area contributed by atoms with Crippen LogP contribution in [0.4, 0.5) is 0 Å². The van der Waals surface area contributed by atoms with Gasteiger partial charge in [-0.25, -0.2) is 8.42 Å². The van der Waals surface area contributed by atoms with Gasteiger partial charge in [-0.1, -0.05) is 30.4 Å². The Morgan fingerprint density at radius 1 is 0.962 bits per heavy atom. The van der Waals surface area contributed by atoms with Crippen molar-refractivity contribution in [3.8, 4) is 5.75 Å². The number of sulfone groups is 1. The molecule has 4 rings (SSSR count). The van der Waals surface area contributed by atoms with Gasteiger partial charge in [-0.05, 0) is 75.3 Å². The number of rotatable bonds is 4. The fourth-order valence-corrected chi connectivity index (χ4v) is 4.57. The summed E-state index contributed by atoms with van der Waals surface area (Å²) in [5.41, 5.74) is 4.70. The van der Waals surface area contributed by atoms with Crippen molar-refractivity contribution in [2.45, 2.75) is 17.7 Å². The molecule has 0 N–H and O–H groups in total. The zero-order chi connectivity index (χ0) is 18.5. The van der Waals surface area contributed by atoms with Gasteiger partial charge >= 0.3 is 0 Å². The lowest BCUT2D eigenvalue weighted by Gasteiger charge is -2.12. The Kier molecular flexibility index (Phi) is 4.12. The third-order valence-corrected chi connectivity index (χ3v) is 6.79. The summed E-state index contributed by atoms with van der Waals surface area (Å²) in [6.45, 7) is 0. The van der Waals surface area contributed by atoms with Gasteiger partial charge in [0, 0.05) is 11.7 Å². The molecule has 2 aliphatic rings. The van der Waals surface area contributed by atoms with Gasteiger partial charge in [-0.3, -0.25) is 0 Å². The van der Waals surface area contributed by atoms with E-state index < -0.39 is 9.84 Å². The number of hydrogen-bond donors (Lipinski definition) is 0. The highest BCUT2D eigenvalue weighted by atomic mass is 79.9. The van der Waals surface area contributed by atoms with Gasteiger partial charge in [0.15, 0.2) is 9.84 Å². The molecule has 0 amide bonds. The summed E-state index contributed by atoms with van der Waals surface area (Å²) in [6.07, 6.45) is 8.24. The van der Waals surface area contributed by atoms with E-state index >= 15 is 0 Å². The van der Waals surface area contributed by atoms with Crippen molar-refractivity contribution >= 4 is 36.9 Å². The number of methoxy groups -OCH3 is 1. The normalized spacial score (nSPS) is 17.8. The standard InChI is InChI=1S/C21H19BrO3S/c1-25-20-8-5-15(11-19(20)22)18-13-21(9-10-21)12-17(18)14-3-6-16(7-4-14)26(2,23)24/h3-8,11-13H,9-10H2,1-2H3. The minimum absolute atomic E-state index is 0.173. The van der Waals surface area contributed by atoms with Crippen LogP contribution < -0.4 is 4.74 Å². The van der Waals surface area contributed by atoms with Gasteiger partial charge < -0.3 is 4.74 Å². The fraction of sp³-hybridized carbons (Fsp3) is 0.238. The summed E-state index contributed by atoms with van der Waals surface area (Å²) in [7, 11) is -1.53. The highest BCUT2D eigenvalue weighted by molar-refractivity contribution is 9.10. The first-order valence-corrected chi connectivity index (χ1v) is 11.1. The van der Waals surface area contributed by atoms with Crippen LogP contribution >= 0.6 is 15.9 Å². The van der Waals surface area contributed by atoms with Crippen LogP contribution in [0.25, 0.3) is 11.1 Å². The quantitative estimate of drug-likeness (QED) is 0.675. The lowest BCUT2D eigenvalue weighted by Crippen LogP contribution is -1.97. The smallest absolute Gasteiger partial charge is 0.175 e. The highest BCUT2D eigenvalue weighted by Gasteiger charge is 2.43. The molecule has 0 radical (unpaired) electrons. The zero-order valence-electron chi connectivity index (χ0n) is 14.6. The Labute approximate surface area is 162 Å². The van der Waals surface area contributed by atoms with Gasteiger partial charge in [-0.15, -0.1) is 0 Å². The van der Waals surface area contributed by atoms with Gasteiger partial charge in [0.1, 0.15) is 5.75 Å². The molecule has 0 heterocycles. The van der Waals surface area contributed by atoms with Crippen molar-refractivity contribution in [2.75, 3.05) is 13.4 Å². The van der Waals surface area contributed by atoms with E-state index in [0.717, 1.165) is 21.3 Å². The summed E-state index contributed by atoms with van der Waals surface area (Å²) >= 11 is 3.57. The number of ether oxygens (including phenoxy) is 1. The molecule has 5 heteroatoms. The lowest BCUT2D eigenvalue weighted by molar-refractivity contribution is 0.412. The van der Waals surface area contributed by atoms with Gasteiger partial charge in [0.25, 0.3) is 0 Å². The van der Waals surface area contributed by atoms with Crippen LogP contribution in [-0.4, -0.2) is 21.8 Å². The molecule has 0 unspecified atom stereocenters. The SMILES string of the molecule is COc1ccc(C2=CC3(C=C2c2ccc(S(C)(=O)=O)cc2)CC3)cc1Br. The van der Waals surface area contributed by atoms with Gasteiger partial charge in [-0.2, -0.15) is 0 Å². The van der Waals surface area contributed by atoms with Crippen molar-refractivity contribution in [2.24, 2.45) is 5.41 Å². The summed E-state index contributed by atoms with van der Waals surface area (Å²) in [6, 6.07) is 13.3. The van der Waals surface area contributed by atoms with Crippen LogP contribution in [0, 0.1) is 5.41 Å². The van der Waals surface area contributed by atoms with Crippen molar-refractivity contribution < 1.29 is 13.2 Å².